The molecule has 1 aromatic carbocycles. The van der Waals surface area contributed by atoms with Crippen molar-refractivity contribution in [1.82, 2.24) is 14.7 Å². The molecule has 1 fully saturated rings. The van der Waals surface area contributed by atoms with Crippen LogP contribution in [0.25, 0.3) is 0 Å². The van der Waals surface area contributed by atoms with E-state index in [9.17, 15) is 4.79 Å². The summed E-state index contributed by atoms with van der Waals surface area (Å²) in [4.78, 5) is 18.8. The van der Waals surface area contributed by atoms with Gasteiger partial charge in [0.1, 0.15) is 0 Å². The van der Waals surface area contributed by atoms with Crippen molar-refractivity contribution in [3.63, 3.8) is 0 Å². The summed E-state index contributed by atoms with van der Waals surface area (Å²) in [6.07, 6.45) is 0. The molecule has 6 nitrogen and oxygen atoms in total. The van der Waals surface area contributed by atoms with Crippen molar-refractivity contribution in [2.75, 3.05) is 54.0 Å². The van der Waals surface area contributed by atoms with E-state index in [1.807, 2.05) is 41.8 Å². The van der Waals surface area contributed by atoms with Crippen LogP contribution in [-0.4, -0.2) is 74.7 Å². The number of nitrogens with zero attached hydrogens (tertiary/aromatic N) is 3. The molecule has 0 saturated carbocycles. The molecular weight excluding hydrogens is 306 g/mol. The minimum atomic E-state index is 0.124. The lowest BCUT2D eigenvalue weighted by molar-refractivity contribution is 0.0913. The first-order valence-corrected chi connectivity index (χ1v) is 8.51. The summed E-state index contributed by atoms with van der Waals surface area (Å²) in [5.74, 6) is 1.44. The molecule has 0 N–H and O–H groups in total. The van der Waals surface area contributed by atoms with Crippen LogP contribution in [0.4, 0.5) is 4.79 Å². The maximum absolute atomic E-state index is 12.7. The Morgan fingerprint density at radius 2 is 1.83 bits per heavy atom. The summed E-state index contributed by atoms with van der Waals surface area (Å²) in [6.45, 7) is 7.81. The number of ether oxygens (including phenoxy) is 2. The average Bonchev–Trinajstić information content (AvgIpc) is 2.62. The topological polar surface area (TPSA) is 45.3 Å². The van der Waals surface area contributed by atoms with Gasteiger partial charge >= 0.3 is 6.03 Å². The average molecular weight is 335 g/mol. The summed E-state index contributed by atoms with van der Waals surface area (Å²) >= 11 is 0. The van der Waals surface area contributed by atoms with Crippen LogP contribution in [-0.2, 0) is 0 Å². The first kappa shape index (κ1) is 18.4. The van der Waals surface area contributed by atoms with E-state index in [4.69, 9.17) is 9.47 Å². The summed E-state index contributed by atoms with van der Waals surface area (Å²) in [5.41, 5.74) is 1.13. The Bertz CT molecular complexity index is 560. The second kappa shape index (κ2) is 8.24. The van der Waals surface area contributed by atoms with E-state index in [1.54, 1.807) is 14.2 Å². The predicted molar refractivity (Wildman–Crippen MR) is 94.8 cm³/mol. The fourth-order valence-corrected chi connectivity index (χ4v) is 3.16. The molecule has 24 heavy (non-hydrogen) atoms. The summed E-state index contributed by atoms with van der Waals surface area (Å²) in [7, 11) is 5.37. The Morgan fingerprint density at radius 1 is 1.17 bits per heavy atom. The van der Waals surface area contributed by atoms with Crippen LogP contribution in [0.3, 0.4) is 0 Å². The maximum atomic E-state index is 12.7. The highest BCUT2D eigenvalue weighted by Crippen LogP contribution is 2.33. The van der Waals surface area contributed by atoms with E-state index in [2.05, 4.69) is 11.9 Å². The monoisotopic (exact) mass is 335 g/mol. The fraction of sp³-hybridized carbons (Fsp3) is 0.611. The van der Waals surface area contributed by atoms with E-state index < -0.39 is 0 Å². The molecule has 1 aliphatic heterocycles. The molecule has 1 unspecified atom stereocenters. The Morgan fingerprint density at radius 3 is 2.42 bits per heavy atom. The molecule has 1 aromatic rings. The van der Waals surface area contributed by atoms with E-state index in [0.29, 0.717) is 6.54 Å². The van der Waals surface area contributed by atoms with Crippen LogP contribution in [0.1, 0.15) is 25.5 Å². The van der Waals surface area contributed by atoms with Gasteiger partial charge in [0.15, 0.2) is 11.5 Å². The number of amides is 2. The molecule has 6 heteroatoms. The largest absolute Gasteiger partial charge is 0.493 e. The number of carbonyl (C=O) groups is 1. The normalized spacial score (nSPS) is 18.4. The Kier molecular flexibility index (Phi) is 6.31. The van der Waals surface area contributed by atoms with Crippen LogP contribution < -0.4 is 9.47 Å². The van der Waals surface area contributed by atoms with Gasteiger partial charge in [-0.25, -0.2) is 4.79 Å². The summed E-state index contributed by atoms with van der Waals surface area (Å²) < 4.78 is 10.7. The Labute approximate surface area is 144 Å². The van der Waals surface area contributed by atoms with Gasteiger partial charge in [-0.05, 0) is 38.6 Å². The van der Waals surface area contributed by atoms with Crippen molar-refractivity contribution < 1.29 is 14.3 Å². The number of likely N-dealkylation sites (N-methyl/N-ethyl adjacent to an activating group) is 1. The van der Waals surface area contributed by atoms with E-state index in [0.717, 1.165) is 43.2 Å². The predicted octanol–water partition coefficient (Wildman–Crippen LogP) is 2.45. The second-order valence-corrected chi connectivity index (χ2v) is 6.01. The smallest absolute Gasteiger partial charge is 0.320 e. The van der Waals surface area contributed by atoms with Gasteiger partial charge in [0.25, 0.3) is 0 Å². The minimum Gasteiger partial charge on any atom is -0.493 e. The number of methoxy groups -OCH3 is 2. The SMILES string of the molecule is CCN(CC)C(=O)N1CCN(C)C(c2ccc(OC)c(OC)c2)C1. The molecule has 1 saturated heterocycles. The van der Waals surface area contributed by atoms with Gasteiger partial charge in [-0.3, -0.25) is 4.90 Å². The molecule has 1 heterocycles. The van der Waals surface area contributed by atoms with Crippen molar-refractivity contribution in [3.8, 4) is 11.5 Å². The van der Waals surface area contributed by atoms with Crippen LogP contribution >= 0.6 is 0 Å². The summed E-state index contributed by atoms with van der Waals surface area (Å²) in [5, 5.41) is 0. The maximum Gasteiger partial charge on any atom is 0.320 e. The van der Waals surface area contributed by atoms with E-state index in [-0.39, 0.29) is 12.1 Å². The van der Waals surface area contributed by atoms with Gasteiger partial charge < -0.3 is 19.3 Å². The van der Waals surface area contributed by atoms with Gasteiger partial charge in [-0.1, -0.05) is 6.07 Å². The molecule has 0 aliphatic carbocycles. The Hall–Kier alpha value is -1.95. The third kappa shape index (κ3) is 3.75. The van der Waals surface area contributed by atoms with Crippen molar-refractivity contribution >= 4 is 6.03 Å². The first-order chi connectivity index (χ1) is 11.5. The van der Waals surface area contributed by atoms with Crippen molar-refractivity contribution in [2.45, 2.75) is 19.9 Å². The molecule has 134 valence electrons. The van der Waals surface area contributed by atoms with Gasteiger partial charge in [-0.2, -0.15) is 0 Å². The lowest BCUT2D eigenvalue weighted by Gasteiger charge is -2.41. The minimum absolute atomic E-state index is 0.124. The zero-order valence-corrected chi connectivity index (χ0v) is 15.4. The number of benzene rings is 1. The highest BCUT2D eigenvalue weighted by atomic mass is 16.5. The van der Waals surface area contributed by atoms with Gasteiger partial charge in [0.2, 0.25) is 0 Å². The molecule has 0 aromatic heterocycles. The van der Waals surface area contributed by atoms with E-state index in [1.165, 1.54) is 0 Å². The second-order valence-electron chi connectivity index (χ2n) is 6.01. The van der Waals surface area contributed by atoms with Crippen LogP contribution in [0, 0.1) is 0 Å². The molecule has 1 atom stereocenters. The quantitative estimate of drug-likeness (QED) is 0.829. The van der Waals surface area contributed by atoms with Gasteiger partial charge in [-0.15, -0.1) is 0 Å². The molecule has 2 amide bonds. The number of hydrogen-bond acceptors (Lipinski definition) is 4. The van der Waals surface area contributed by atoms with Crippen LogP contribution in [0.15, 0.2) is 18.2 Å². The third-order valence-electron chi connectivity index (χ3n) is 4.74. The number of hydrogen-bond donors (Lipinski definition) is 0. The zero-order valence-electron chi connectivity index (χ0n) is 15.4. The molecule has 1 aliphatic rings. The molecule has 0 bridgehead atoms. The number of rotatable bonds is 5. The van der Waals surface area contributed by atoms with Gasteiger partial charge in [0.05, 0.1) is 20.3 Å². The highest BCUT2D eigenvalue weighted by molar-refractivity contribution is 5.74. The summed E-state index contributed by atoms with van der Waals surface area (Å²) in [6, 6.07) is 6.25. The molecule has 0 spiro atoms. The standard InChI is InChI=1S/C18H29N3O3/c1-6-20(7-2)18(22)21-11-10-19(3)15(13-21)14-8-9-16(23-4)17(12-14)24-5/h8-9,12,15H,6-7,10-11,13H2,1-5H3. The van der Waals surface area contributed by atoms with E-state index >= 15 is 0 Å². The van der Waals surface area contributed by atoms with Gasteiger partial charge in [0, 0.05) is 32.7 Å². The lowest BCUT2D eigenvalue weighted by atomic mass is 10.0. The third-order valence-corrected chi connectivity index (χ3v) is 4.74. The molecule has 2 rings (SSSR count). The zero-order chi connectivity index (χ0) is 17.7. The van der Waals surface area contributed by atoms with Crippen LogP contribution in [0.2, 0.25) is 0 Å². The number of piperazine rings is 1. The first-order valence-electron chi connectivity index (χ1n) is 8.51. The van der Waals surface area contributed by atoms with Crippen molar-refractivity contribution in [2.24, 2.45) is 0 Å². The van der Waals surface area contributed by atoms with Crippen LogP contribution in [0.5, 0.6) is 11.5 Å². The fourth-order valence-electron chi connectivity index (χ4n) is 3.16. The van der Waals surface area contributed by atoms with Crippen molar-refractivity contribution in [1.29, 1.82) is 0 Å². The molecular formula is C18H29N3O3. The number of carbonyl (C=O) groups excluding carboxylic acids is 1. The Balaban J connectivity index is 2.21. The lowest BCUT2D eigenvalue weighted by Crippen LogP contribution is -2.53. The number of urea groups is 1. The highest BCUT2D eigenvalue weighted by Gasteiger charge is 2.30. The molecule has 0 radical (unpaired) electrons. The van der Waals surface area contributed by atoms with Crippen molar-refractivity contribution in [3.05, 3.63) is 23.8 Å².